The Bertz CT molecular complexity index is 402. The van der Waals surface area contributed by atoms with E-state index < -0.39 is 0 Å². The smallest absolute Gasteiger partial charge is 0.127 e. The molecule has 1 N–H and O–H groups in total. The monoisotopic (exact) mass is 252 g/mol. The highest BCUT2D eigenvalue weighted by molar-refractivity contribution is 5.28. The van der Waals surface area contributed by atoms with Crippen LogP contribution in [0.4, 0.5) is 4.39 Å². The summed E-state index contributed by atoms with van der Waals surface area (Å²) in [5.41, 5.74) is 0.833. The van der Waals surface area contributed by atoms with E-state index in [4.69, 9.17) is 0 Å². The molecular weight excluding hydrogens is 231 g/mol. The number of aromatic hydroxyl groups is 1. The third kappa shape index (κ3) is 3.00. The summed E-state index contributed by atoms with van der Waals surface area (Å²) < 4.78 is 13.2. The molecule has 4 heteroatoms. The second-order valence-corrected chi connectivity index (χ2v) is 5.52. The first-order valence-electron chi connectivity index (χ1n) is 6.33. The molecule has 1 fully saturated rings. The molecule has 3 nitrogen and oxygen atoms in total. The van der Waals surface area contributed by atoms with Crippen molar-refractivity contribution in [3.63, 3.8) is 0 Å². The minimum Gasteiger partial charge on any atom is -0.508 e. The molecule has 0 saturated carbocycles. The third-order valence-electron chi connectivity index (χ3n) is 3.66. The average Bonchev–Trinajstić information content (AvgIpc) is 2.57. The van der Waals surface area contributed by atoms with E-state index in [9.17, 15) is 9.50 Å². The number of hydrogen-bond acceptors (Lipinski definition) is 3. The van der Waals surface area contributed by atoms with Crippen molar-refractivity contribution < 1.29 is 9.50 Å². The lowest BCUT2D eigenvalue weighted by Gasteiger charge is -2.22. The predicted octanol–water partition coefficient (Wildman–Crippen LogP) is 1.91. The van der Waals surface area contributed by atoms with Crippen LogP contribution in [0.2, 0.25) is 0 Å². The molecule has 0 aliphatic carbocycles. The van der Waals surface area contributed by atoms with Gasteiger partial charge < -0.3 is 10.0 Å². The molecule has 100 valence electrons. The van der Waals surface area contributed by atoms with Gasteiger partial charge in [-0.25, -0.2) is 4.39 Å². The summed E-state index contributed by atoms with van der Waals surface area (Å²) in [6.07, 6.45) is 0. The maximum atomic E-state index is 13.2. The first-order chi connectivity index (χ1) is 8.45. The molecule has 0 bridgehead atoms. The van der Waals surface area contributed by atoms with Crippen LogP contribution in [0.5, 0.6) is 5.75 Å². The van der Waals surface area contributed by atoms with E-state index in [2.05, 4.69) is 30.8 Å². The summed E-state index contributed by atoms with van der Waals surface area (Å²) in [7, 11) is 4.19. The van der Waals surface area contributed by atoms with Crippen molar-refractivity contribution in [1.29, 1.82) is 0 Å². The molecule has 0 radical (unpaired) electrons. The number of phenolic OH excluding ortho intramolecular Hbond substituents is 1. The van der Waals surface area contributed by atoms with Crippen LogP contribution in [0.15, 0.2) is 18.2 Å². The Morgan fingerprint density at radius 3 is 2.61 bits per heavy atom. The number of benzene rings is 1. The molecule has 1 aliphatic heterocycles. The zero-order valence-corrected chi connectivity index (χ0v) is 11.2. The lowest BCUT2D eigenvalue weighted by Crippen LogP contribution is -2.34. The van der Waals surface area contributed by atoms with E-state index in [1.807, 2.05) is 0 Å². The quantitative estimate of drug-likeness (QED) is 0.890. The lowest BCUT2D eigenvalue weighted by atomic mass is 10.1. The fraction of sp³-hybridized carbons (Fsp3) is 0.571. The largest absolute Gasteiger partial charge is 0.508 e. The van der Waals surface area contributed by atoms with Crippen LogP contribution in [0.1, 0.15) is 12.5 Å². The summed E-state index contributed by atoms with van der Waals surface area (Å²) in [5.74, 6) is 0.241. The maximum Gasteiger partial charge on any atom is 0.127 e. The van der Waals surface area contributed by atoms with Gasteiger partial charge in [-0.15, -0.1) is 0 Å². The number of likely N-dealkylation sites (tertiary alicyclic amines) is 1. The molecule has 1 aromatic rings. The van der Waals surface area contributed by atoms with E-state index in [-0.39, 0.29) is 11.6 Å². The molecule has 18 heavy (non-hydrogen) atoms. The molecule has 0 spiro atoms. The van der Waals surface area contributed by atoms with Crippen molar-refractivity contribution in [2.75, 3.05) is 27.2 Å². The van der Waals surface area contributed by atoms with Gasteiger partial charge >= 0.3 is 0 Å². The number of likely N-dealkylation sites (N-methyl/N-ethyl adjacent to an activating group) is 1. The Hall–Kier alpha value is -1.13. The second kappa shape index (κ2) is 5.24. The van der Waals surface area contributed by atoms with Crippen molar-refractivity contribution >= 4 is 0 Å². The lowest BCUT2D eigenvalue weighted by molar-refractivity contribution is 0.250. The number of hydrogen-bond donors (Lipinski definition) is 1. The highest BCUT2D eigenvalue weighted by Gasteiger charge is 2.30. The van der Waals surface area contributed by atoms with E-state index in [1.54, 1.807) is 6.07 Å². The predicted molar refractivity (Wildman–Crippen MR) is 70.0 cm³/mol. The van der Waals surface area contributed by atoms with Gasteiger partial charge in [-0.3, -0.25) is 4.90 Å². The SMILES string of the molecule is CC1CN(Cc2cc(O)cc(F)c2)CC1N(C)C. The molecule has 1 saturated heterocycles. The van der Waals surface area contributed by atoms with E-state index in [1.165, 1.54) is 6.07 Å². The molecule has 1 aromatic carbocycles. The zero-order valence-electron chi connectivity index (χ0n) is 11.2. The molecule has 0 amide bonds. The minimum atomic E-state index is -0.374. The van der Waals surface area contributed by atoms with Crippen molar-refractivity contribution in [2.24, 2.45) is 5.92 Å². The van der Waals surface area contributed by atoms with Crippen LogP contribution < -0.4 is 0 Å². The van der Waals surface area contributed by atoms with Gasteiger partial charge in [-0.1, -0.05) is 6.92 Å². The first kappa shape index (κ1) is 13.3. The highest BCUT2D eigenvalue weighted by atomic mass is 19.1. The van der Waals surface area contributed by atoms with E-state index >= 15 is 0 Å². The van der Waals surface area contributed by atoms with Crippen molar-refractivity contribution in [3.05, 3.63) is 29.6 Å². The standard InChI is InChI=1S/C14H21FN2O/c1-10-7-17(9-14(10)16(2)3)8-11-4-12(15)6-13(18)5-11/h4-6,10,14,18H,7-9H2,1-3H3. The summed E-state index contributed by atoms with van der Waals surface area (Å²) in [5, 5.41) is 9.39. The number of phenols is 1. The summed E-state index contributed by atoms with van der Waals surface area (Å²) in [4.78, 5) is 4.55. The average molecular weight is 252 g/mol. The second-order valence-electron chi connectivity index (χ2n) is 5.52. The molecule has 1 heterocycles. The third-order valence-corrected chi connectivity index (χ3v) is 3.66. The Balaban J connectivity index is 2.02. The van der Waals surface area contributed by atoms with Gasteiger partial charge in [-0.2, -0.15) is 0 Å². The number of halogens is 1. The van der Waals surface area contributed by atoms with E-state index in [0.29, 0.717) is 18.5 Å². The normalized spacial score (nSPS) is 24.9. The van der Waals surface area contributed by atoms with Crippen molar-refractivity contribution in [2.45, 2.75) is 19.5 Å². The van der Waals surface area contributed by atoms with Crippen LogP contribution in [-0.2, 0) is 6.54 Å². The Labute approximate surface area is 108 Å². The number of rotatable bonds is 3. The number of nitrogens with zero attached hydrogens (tertiary/aromatic N) is 2. The molecule has 2 atom stereocenters. The Kier molecular flexibility index (Phi) is 3.88. The van der Waals surface area contributed by atoms with Crippen LogP contribution in [-0.4, -0.2) is 48.1 Å². The zero-order chi connectivity index (χ0) is 13.3. The van der Waals surface area contributed by atoms with Crippen LogP contribution >= 0.6 is 0 Å². The van der Waals surface area contributed by atoms with Gasteiger partial charge in [0.2, 0.25) is 0 Å². The molecule has 0 aromatic heterocycles. The summed E-state index contributed by atoms with van der Waals surface area (Å²) in [6.45, 7) is 4.94. The van der Waals surface area contributed by atoms with Gasteiger partial charge in [0.05, 0.1) is 0 Å². The van der Waals surface area contributed by atoms with Gasteiger partial charge in [0.1, 0.15) is 11.6 Å². The van der Waals surface area contributed by atoms with Crippen LogP contribution in [0, 0.1) is 11.7 Å². The highest BCUT2D eigenvalue weighted by Crippen LogP contribution is 2.23. The minimum absolute atomic E-state index is 0.00130. The Morgan fingerprint density at radius 2 is 2.06 bits per heavy atom. The van der Waals surface area contributed by atoms with Gasteiger partial charge in [0, 0.05) is 31.7 Å². The van der Waals surface area contributed by atoms with E-state index in [0.717, 1.165) is 24.7 Å². The Morgan fingerprint density at radius 1 is 1.33 bits per heavy atom. The van der Waals surface area contributed by atoms with Crippen molar-refractivity contribution in [1.82, 2.24) is 9.80 Å². The molecule has 2 unspecified atom stereocenters. The molecule has 2 rings (SSSR count). The van der Waals surface area contributed by atoms with Crippen molar-refractivity contribution in [3.8, 4) is 5.75 Å². The molecular formula is C14H21FN2O. The summed E-state index contributed by atoms with van der Waals surface area (Å²) >= 11 is 0. The summed E-state index contributed by atoms with van der Waals surface area (Å²) in [6, 6.07) is 4.81. The van der Waals surface area contributed by atoms with Crippen LogP contribution in [0.25, 0.3) is 0 Å². The van der Waals surface area contributed by atoms with Gasteiger partial charge in [-0.05, 0) is 37.7 Å². The fourth-order valence-corrected chi connectivity index (χ4v) is 2.83. The maximum absolute atomic E-state index is 13.2. The fourth-order valence-electron chi connectivity index (χ4n) is 2.83. The topological polar surface area (TPSA) is 26.7 Å². The first-order valence-corrected chi connectivity index (χ1v) is 6.33. The van der Waals surface area contributed by atoms with Crippen LogP contribution in [0.3, 0.4) is 0 Å². The molecule has 1 aliphatic rings. The van der Waals surface area contributed by atoms with Gasteiger partial charge in [0.15, 0.2) is 0 Å². The van der Waals surface area contributed by atoms with Gasteiger partial charge in [0.25, 0.3) is 0 Å².